The summed E-state index contributed by atoms with van der Waals surface area (Å²) in [7, 11) is 0. The molecule has 2 aliphatic rings. The molecule has 1 aliphatic carbocycles. The molecule has 2 fully saturated rings. The fourth-order valence-electron chi connectivity index (χ4n) is 3.01. The Hall–Kier alpha value is -1.06. The van der Waals surface area contributed by atoms with Gasteiger partial charge in [0.1, 0.15) is 11.6 Å². The third kappa shape index (κ3) is 2.02. The smallest absolute Gasteiger partial charge is 0.246 e. The number of hydrogen-bond acceptors (Lipinski definition) is 2. The highest BCUT2D eigenvalue weighted by Gasteiger charge is 2.56. The van der Waals surface area contributed by atoms with Gasteiger partial charge in [0.25, 0.3) is 0 Å². The van der Waals surface area contributed by atoms with Crippen molar-refractivity contribution in [3.8, 4) is 0 Å². The molecule has 1 heterocycles. The number of carbonyl (C=O) groups excluding carboxylic acids is 2. The molecule has 2 atom stereocenters. The molecule has 0 radical (unpaired) electrons. The topological polar surface area (TPSA) is 49.4 Å². The van der Waals surface area contributed by atoms with Crippen LogP contribution in [0.2, 0.25) is 0 Å². The number of carbonyl (C=O) groups is 2. The molecule has 0 spiro atoms. The Morgan fingerprint density at radius 1 is 1.28 bits per heavy atom. The Labute approximate surface area is 109 Å². The summed E-state index contributed by atoms with van der Waals surface area (Å²) in [6.45, 7) is 6.73. The van der Waals surface area contributed by atoms with Gasteiger partial charge >= 0.3 is 0 Å². The van der Waals surface area contributed by atoms with Crippen LogP contribution in [0, 0.1) is 5.92 Å². The van der Waals surface area contributed by atoms with Crippen molar-refractivity contribution >= 4 is 11.8 Å². The van der Waals surface area contributed by atoms with Crippen LogP contribution in [0.1, 0.15) is 52.9 Å². The van der Waals surface area contributed by atoms with Gasteiger partial charge in [0.05, 0.1) is 0 Å². The summed E-state index contributed by atoms with van der Waals surface area (Å²) in [6.07, 6.45) is 4.69. The average Bonchev–Trinajstić information content (AvgIpc) is 3.16. The van der Waals surface area contributed by atoms with Crippen molar-refractivity contribution < 1.29 is 9.59 Å². The summed E-state index contributed by atoms with van der Waals surface area (Å²) in [5.41, 5.74) is -0.600. The van der Waals surface area contributed by atoms with E-state index >= 15 is 0 Å². The van der Waals surface area contributed by atoms with Gasteiger partial charge in [0.2, 0.25) is 11.8 Å². The lowest BCUT2D eigenvalue weighted by molar-refractivity contribution is -0.158. The fourth-order valence-corrected chi connectivity index (χ4v) is 3.01. The molecular weight excluding hydrogens is 228 g/mol. The Balaban J connectivity index is 2.25. The summed E-state index contributed by atoms with van der Waals surface area (Å²) in [5.74, 6) is 0.528. The van der Waals surface area contributed by atoms with Gasteiger partial charge in [-0.1, -0.05) is 20.3 Å². The molecule has 4 heteroatoms. The molecule has 18 heavy (non-hydrogen) atoms. The van der Waals surface area contributed by atoms with Crippen molar-refractivity contribution in [1.82, 2.24) is 10.2 Å². The second-order valence-electron chi connectivity index (χ2n) is 5.73. The van der Waals surface area contributed by atoms with Crippen molar-refractivity contribution in [2.45, 2.75) is 64.5 Å². The first-order chi connectivity index (χ1) is 8.55. The molecule has 0 aromatic heterocycles. The van der Waals surface area contributed by atoms with Gasteiger partial charge in [-0.2, -0.15) is 0 Å². The number of nitrogens with one attached hydrogen (secondary N) is 1. The van der Waals surface area contributed by atoms with Crippen molar-refractivity contribution in [3.05, 3.63) is 0 Å². The highest BCUT2D eigenvalue weighted by atomic mass is 16.2. The van der Waals surface area contributed by atoms with E-state index in [9.17, 15) is 9.59 Å². The van der Waals surface area contributed by atoms with Gasteiger partial charge in [-0.25, -0.2) is 0 Å². The van der Waals surface area contributed by atoms with Crippen molar-refractivity contribution in [3.63, 3.8) is 0 Å². The van der Waals surface area contributed by atoms with E-state index in [1.54, 1.807) is 0 Å². The van der Waals surface area contributed by atoms with Crippen LogP contribution >= 0.6 is 0 Å². The lowest BCUT2D eigenvalue weighted by atomic mass is 9.87. The van der Waals surface area contributed by atoms with Crippen LogP contribution in [0.15, 0.2) is 0 Å². The number of nitrogens with zero attached hydrogens (tertiary/aromatic N) is 1. The molecule has 1 saturated carbocycles. The SMILES string of the molecule is CCCC1NC(=O)C(C)(C2CC2)N(CCC)C1=O. The normalized spacial score (nSPS) is 32.6. The quantitative estimate of drug-likeness (QED) is 0.809. The van der Waals surface area contributed by atoms with Crippen LogP contribution in [0.3, 0.4) is 0 Å². The zero-order chi connectivity index (χ0) is 13.3. The van der Waals surface area contributed by atoms with E-state index in [0.29, 0.717) is 12.5 Å². The van der Waals surface area contributed by atoms with Gasteiger partial charge < -0.3 is 10.2 Å². The molecule has 0 bridgehead atoms. The third-order valence-corrected chi connectivity index (χ3v) is 4.29. The zero-order valence-electron chi connectivity index (χ0n) is 11.7. The minimum absolute atomic E-state index is 0.0523. The van der Waals surface area contributed by atoms with Crippen LogP contribution in [-0.2, 0) is 9.59 Å². The van der Waals surface area contributed by atoms with E-state index in [0.717, 1.165) is 32.1 Å². The number of amides is 2. The number of hydrogen-bond donors (Lipinski definition) is 1. The summed E-state index contributed by atoms with van der Waals surface area (Å²) in [4.78, 5) is 26.8. The Morgan fingerprint density at radius 3 is 2.44 bits per heavy atom. The summed E-state index contributed by atoms with van der Waals surface area (Å²) >= 11 is 0. The molecule has 1 N–H and O–H groups in total. The predicted molar refractivity (Wildman–Crippen MR) is 70.0 cm³/mol. The van der Waals surface area contributed by atoms with E-state index in [1.807, 2.05) is 18.7 Å². The van der Waals surface area contributed by atoms with E-state index in [1.165, 1.54) is 0 Å². The number of piperazine rings is 1. The van der Waals surface area contributed by atoms with Gasteiger partial charge in [0, 0.05) is 6.54 Å². The molecule has 2 amide bonds. The molecule has 0 aromatic carbocycles. The van der Waals surface area contributed by atoms with Gasteiger partial charge in [-0.3, -0.25) is 9.59 Å². The first kappa shape index (κ1) is 13.4. The largest absolute Gasteiger partial charge is 0.342 e. The molecule has 2 unspecified atom stereocenters. The Morgan fingerprint density at radius 2 is 1.94 bits per heavy atom. The van der Waals surface area contributed by atoms with Gasteiger partial charge in [-0.05, 0) is 38.5 Å². The lowest BCUT2D eigenvalue weighted by Gasteiger charge is -2.46. The molecule has 2 rings (SSSR count). The van der Waals surface area contributed by atoms with Gasteiger partial charge in [0.15, 0.2) is 0 Å². The van der Waals surface area contributed by atoms with Crippen LogP contribution in [0.5, 0.6) is 0 Å². The molecule has 4 nitrogen and oxygen atoms in total. The van der Waals surface area contributed by atoms with E-state index in [4.69, 9.17) is 0 Å². The summed E-state index contributed by atoms with van der Waals surface area (Å²) in [5, 5.41) is 2.94. The van der Waals surface area contributed by atoms with Crippen molar-refractivity contribution in [2.24, 2.45) is 5.92 Å². The van der Waals surface area contributed by atoms with E-state index < -0.39 is 5.54 Å². The second kappa shape index (κ2) is 4.90. The standard InChI is InChI=1S/C14H24N2O2/c1-4-6-11-12(17)16(9-5-2)14(3,10-7-8-10)13(18)15-11/h10-11H,4-9H2,1-3H3,(H,15,18). The molecule has 1 aliphatic heterocycles. The first-order valence-electron chi connectivity index (χ1n) is 7.18. The van der Waals surface area contributed by atoms with Crippen molar-refractivity contribution in [1.29, 1.82) is 0 Å². The Bertz CT molecular complexity index is 352. The van der Waals surface area contributed by atoms with Crippen LogP contribution in [0.25, 0.3) is 0 Å². The second-order valence-corrected chi connectivity index (χ2v) is 5.73. The first-order valence-corrected chi connectivity index (χ1v) is 7.18. The highest BCUT2D eigenvalue weighted by Crippen LogP contribution is 2.45. The van der Waals surface area contributed by atoms with Gasteiger partial charge in [-0.15, -0.1) is 0 Å². The molecule has 1 saturated heterocycles. The zero-order valence-corrected chi connectivity index (χ0v) is 11.7. The summed E-state index contributed by atoms with van der Waals surface area (Å²) < 4.78 is 0. The third-order valence-electron chi connectivity index (χ3n) is 4.29. The maximum Gasteiger partial charge on any atom is 0.246 e. The maximum absolute atomic E-state index is 12.5. The molecular formula is C14H24N2O2. The van der Waals surface area contributed by atoms with E-state index in [2.05, 4.69) is 12.2 Å². The highest BCUT2D eigenvalue weighted by molar-refractivity contribution is 6.00. The monoisotopic (exact) mass is 252 g/mol. The molecule has 102 valence electrons. The lowest BCUT2D eigenvalue weighted by Crippen LogP contribution is -2.70. The van der Waals surface area contributed by atoms with Crippen LogP contribution < -0.4 is 5.32 Å². The van der Waals surface area contributed by atoms with E-state index in [-0.39, 0.29) is 17.9 Å². The van der Waals surface area contributed by atoms with Crippen LogP contribution in [0.4, 0.5) is 0 Å². The minimum Gasteiger partial charge on any atom is -0.342 e. The summed E-state index contributed by atoms with van der Waals surface area (Å²) in [6, 6.07) is -0.305. The number of rotatable bonds is 5. The minimum atomic E-state index is -0.600. The van der Waals surface area contributed by atoms with Crippen molar-refractivity contribution in [2.75, 3.05) is 6.54 Å². The maximum atomic E-state index is 12.5. The van der Waals surface area contributed by atoms with Crippen LogP contribution in [-0.4, -0.2) is 34.8 Å². The average molecular weight is 252 g/mol. The Kier molecular flexibility index (Phi) is 3.64. The predicted octanol–water partition coefficient (Wildman–Crippen LogP) is 1.69. The molecule has 0 aromatic rings. The fraction of sp³-hybridized carbons (Fsp3) is 0.857.